The van der Waals surface area contributed by atoms with Crippen LogP contribution < -0.4 is 4.74 Å². The topological polar surface area (TPSA) is 59.1 Å². The number of hydrogen-bond donors (Lipinski definition) is 0. The molecule has 0 aromatic heterocycles. The van der Waals surface area contributed by atoms with Gasteiger partial charge in [0.2, 0.25) is 0 Å². The van der Waals surface area contributed by atoms with Gasteiger partial charge in [0.1, 0.15) is 5.75 Å². The van der Waals surface area contributed by atoms with Gasteiger partial charge in [-0.2, -0.15) is 11.8 Å². The van der Waals surface area contributed by atoms with Gasteiger partial charge in [-0.3, -0.25) is 9.59 Å². The second-order valence-corrected chi connectivity index (χ2v) is 10.5. The number of nitrogens with zero attached hydrogens (tertiary/aromatic N) is 2. The Labute approximate surface area is 196 Å². The predicted molar refractivity (Wildman–Crippen MR) is 127 cm³/mol. The maximum absolute atomic E-state index is 13.3. The van der Waals surface area contributed by atoms with Crippen LogP contribution in [0.5, 0.6) is 5.75 Å². The molecule has 3 fully saturated rings. The van der Waals surface area contributed by atoms with Crippen LogP contribution in [0.15, 0.2) is 24.3 Å². The highest BCUT2D eigenvalue weighted by Gasteiger charge is 2.32. The van der Waals surface area contributed by atoms with E-state index < -0.39 is 0 Å². The van der Waals surface area contributed by atoms with E-state index in [4.69, 9.17) is 9.47 Å². The van der Waals surface area contributed by atoms with Crippen LogP contribution >= 0.6 is 11.8 Å². The van der Waals surface area contributed by atoms with Crippen LogP contribution in [0.2, 0.25) is 0 Å². The third kappa shape index (κ3) is 5.60. The number of carbonyl (C=O) groups excluding carboxylic acids is 2. The molecule has 32 heavy (non-hydrogen) atoms. The molecule has 7 heteroatoms. The summed E-state index contributed by atoms with van der Waals surface area (Å²) in [5.41, 5.74) is 0.664. The number of benzene rings is 1. The number of amides is 2. The quantitative estimate of drug-likeness (QED) is 0.616. The summed E-state index contributed by atoms with van der Waals surface area (Å²) in [6.07, 6.45) is 6.57. The largest absolute Gasteiger partial charge is 0.484 e. The van der Waals surface area contributed by atoms with Crippen molar-refractivity contribution in [2.24, 2.45) is 0 Å². The number of thioether (sulfide) groups is 1. The molecule has 0 N–H and O–H groups in total. The van der Waals surface area contributed by atoms with Crippen LogP contribution in [-0.4, -0.2) is 77.1 Å². The van der Waals surface area contributed by atoms with Gasteiger partial charge in [-0.25, -0.2) is 0 Å². The average molecular weight is 461 g/mol. The van der Waals surface area contributed by atoms with Crippen molar-refractivity contribution in [2.75, 3.05) is 31.3 Å². The van der Waals surface area contributed by atoms with E-state index in [0.717, 1.165) is 50.2 Å². The monoisotopic (exact) mass is 460 g/mol. The fourth-order valence-corrected chi connectivity index (χ4v) is 6.39. The zero-order valence-corrected chi connectivity index (χ0v) is 20.1. The summed E-state index contributed by atoms with van der Waals surface area (Å²) in [5.74, 6) is 2.82. The molecule has 3 aliphatic rings. The van der Waals surface area contributed by atoms with E-state index in [2.05, 4.69) is 13.8 Å². The summed E-state index contributed by atoms with van der Waals surface area (Å²) in [4.78, 5) is 30.0. The van der Waals surface area contributed by atoms with Crippen molar-refractivity contribution < 1.29 is 19.1 Å². The van der Waals surface area contributed by atoms with E-state index in [1.165, 1.54) is 6.42 Å². The first-order valence-electron chi connectivity index (χ1n) is 12.1. The first-order valence-corrected chi connectivity index (χ1v) is 13.2. The maximum atomic E-state index is 13.3. The molecular weight excluding hydrogens is 424 g/mol. The molecule has 1 aromatic rings. The summed E-state index contributed by atoms with van der Waals surface area (Å²) >= 11 is 1.91. The number of ether oxygens (including phenoxy) is 2. The predicted octanol–water partition coefficient (Wildman–Crippen LogP) is 3.98. The fourth-order valence-electron chi connectivity index (χ4n) is 5.17. The third-order valence-electron chi connectivity index (χ3n) is 6.98. The zero-order valence-electron chi connectivity index (χ0n) is 19.3. The van der Waals surface area contributed by atoms with Crippen LogP contribution in [0.25, 0.3) is 0 Å². The van der Waals surface area contributed by atoms with Gasteiger partial charge < -0.3 is 19.3 Å². The molecule has 3 heterocycles. The molecule has 0 bridgehead atoms. The first kappa shape index (κ1) is 23.4. The molecule has 4 rings (SSSR count). The SMILES string of the molecule is CC1CCCC(C)N1C(=O)COc1ccc(C(=O)N(CC2CCCO2)C2CCSC2)cc1. The van der Waals surface area contributed by atoms with E-state index in [1.807, 2.05) is 33.7 Å². The third-order valence-corrected chi connectivity index (χ3v) is 8.12. The number of carbonyl (C=O) groups is 2. The molecule has 0 spiro atoms. The van der Waals surface area contributed by atoms with Gasteiger partial charge in [-0.15, -0.1) is 0 Å². The Kier molecular flexibility index (Phi) is 8.00. The van der Waals surface area contributed by atoms with Crippen LogP contribution in [0.3, 0.4) is 0 Å². The molecule has 0 aliphatic carbocycles. The molecule has 1 aromatic carbocycles. The van der Waals surface area contributed by atoms with Gasteiger partial charge in [0.05, 0.1) is 6.10 Å². The molecule has 0 saturated carbocycles. The Morgan fingerprint density at radius 1 is 1.09 bits per heavy atom. The van der Waals surface area contributed by atoms with Crippen LogP contribution in [-0.2, 0) is 9.53 Å². The zero-order chi connectivity index (χ0) is 22.5. The minimum atomic E-state index is 0.0336. The number of rotatable bonds is 7. The van der Waals surface area contributed by atoms with Gasteiger partial charge >= 0.3 is 0 Å². The van der Waals surface area contributed by atoms with E-state index in [0.29, 0.717) is 17.9 Å². The summed E-state index contributed by atoms with van der Waals surface area (Å²) in [6, 6.07) is 8.04. The van der Waals surface area contributed by atoms with Gasteiger partial charge in [0.15, 0.2) is 6.61 Å². The summed E-state index contributed by atoms with van der Waals surface area (Å²) in [7, 11) is 0. The van der Waals surface area contributed by atoms with E-state index in [9.17, 15) is 9.59 Å². The second kappa shape index (κ2) is 10.9. The first-order chi connectivity index (χ1) is 15.5. The molecule has 6 nitrogen and oxygen atoms in total. The van der Waals surface area contributed by atoms with Crippen LogP contribution in [0.4, 0.5) is 0 Å². The van der Waals surface area contributed by atoms with Crippen molar-refractivity contribution in [1.82, 2.24) is 9.80 Å². The Morgan fingerprint density at radius 3 is 2.47 bits per heavy atom. The van der Waals surface area contributed by atoms with Gasteiger partial charge in [0.25, 0.3) is 11.8 Å². The highest BCUT2D eigenvalue weighted by molar-refractivity contribution is 7.99. The molecular formula is C25H36N2O4S. The highest BCUT2D eigenvalue weighted by Crippen LogP contribution is 2.27. The van der Waals surface area contributed by atoms with Crippen LogP contribution in [0.1, 0.15) is 62.7 Å². The minimum Gasteiger partial charge on any atom is -0.484 e. The van der Waals surface area contributed by atoms with Crippen molar-refractivity contribution in [2.45, 2.75) is 76.6 Å². The van der Waals surface area contributed by atoms with Gasteiger partial charge in [0, 0.05) is 42.6 Å². The van der Waals surface area contributed by atoms with E-state index in [1.54, 1.807) is 12.1 Å². The molecule has 4 atom stereocenters. The van der Waals surface area contributed by atoms with Crippen molar-refractivity contribution in [3.8, 4) is 5.75 Å². The van der Waals surface area contributed by atoms with Gasteiger partial charge in [-0.1, -0.05) is 0 Å². The normalized spacial score (nSPS) is 28.0. The van der Waals surface area contributed by atoms with E-state index >= 15 is 0 Å². The molecule has 3 aliphatic heterocycles. The Morgan fingerprint density at radius 2 is 1.84 bits per heavy atom. The molecule has 176 valence electrons. The average Bonchev–Trinajstić information content (AvgIpc) is 3.50. The number of likely N-dealkylation sites (tertiary alicyclic amines) is 1. The van der Waals surface area contributed by atoms with Crippen molar-refractivity contribution in [1.29, 1.82) is 0 Å². The second-order valence-electron chi connectivity index (χ2n) is 9.35. The lowest BCUT2D eigenvalue weighted by atomic mass is 9.97. The van der Waals surface area contributed by atoms with Crippen molar-refractivity contribution in [3.63, 3.8) is 0 Å². The summed E-state index contributed by atoms with van der Waals surface area (Å²) in [6.45, 7) is 5.72. The van der Waals surface area contributed by atoms with Gasteiger partial charge in [-0.05, 0) is 82.4 Å². The van der Waals surface area contributed by atoms with Crippen molar-refractivity contribution >= 4 is 23.6 Å². The standard InChI is InChI=1S/C25H36N2O4S/c1-18-5-3-6-19(2)27(18)24(28)16-31-22-10-8-20(9-11-22)25(29)26(21-12-14-32-17-21)15-23-7-4-13-30-23/h8-11,18-19,21,23H,3-7,12-17H2,1-2H3. The summed E-state index contributed by atoms with van der Waals surface area (Å²) in [5, 5.41) is 0. The Hall–Kier alpha value is -1.73. The Balaban J connectivity index is 1.36. The Bertz CT molecular complexity index is 765. The van der Waals surface area contributed by atoms with E-state index in [-0.39, 0.29) is 42.7 Å². The lowest BCUT2D eigenvalue weighted by molar-refractivity contribution is -0.139. The summed E-state index contributed by atoms with van der Waals surface area (Å²) < 4.78 is 11.6. The number of hydrogen-bond acceptors (Lipinski definition) is 5. The molecule has 2 amide bonds. The lowest BCUT2D eigenvalue weighted by Gasteiger charge is -2.38. The fraction of sp³-hybridized carbons (Fsp3) is 0.680. The maximum Gasteiger partial charge on any atom is 0.260 e. The molecule has 0 radical (unpaired) electrons. The molecule has 4 unspecified atom stereocenters. The lowest BCUT2D eigenvalue weighted by Crippen LogP contribution is -2.49. The number of piperidine rings is 1. The van der Waals surface area contributed by atoms with Crippen molar-refractivity contribution in [3.05, 3.63) is 29.8 Å². The van der Waals surface area contributed by atoms with Crippen LogP contribution in [0, 0.1) is 0 Å². The minimum absolute atomic E-state index is 0.0336. The molecule has 3 saturated heterocycles. The highest BCUT2D eigenvalue weighted by atomic mass is 32.2. The smallest absolute Gasteiger partial charge is 0.260 e.